The standard InChI is InChI=1S/C13H13N5O2/c1-8-5-12(20)16-13(15-8)18-17-11(7-14)9-3-2-4-10(19)6-9/h2-6,11,17,19H,1H3,(H2,15,16,18,20)/t11-/m0/s1. The highest BCUT2D eigenvalue weighted by Crippen LogP contribution is 2.17. The van der Waals surface area contributed by atoms with Crippen LogP contribution in [0.3, 0.4) is 0 Å². The number of hydrogen-bond acceptors (Lipinski definition) is 6. The predicted octanol–water partition coefficient (Wildman–Crippen LogP) is 0.965. The van der Waals surface area contributed by atoms with Gasteiger partial charge in [0.25, 0.3) is 5.56 Å². The average Bonchev–Trinajstić information content (AvgIpc) is 2.38. The summed E-state index contributed by atoms with van der Waals surface area (Å²) in [7, 11) is 0. The second-order valence-corrected chi connectivity index (χ2v) is 4.16. The van der Waals surface area contributed by atoms with Crippen molar-refractivity contribution < 1.29 is 5.11 Å². The number of nitrogens with one attached hydrogen (secondary N) is 3. The number of nitriles is 1. The molecule has 4 N–H and O–H groups in total. The molecule has 0 unspecified atom stereocenters. The fourth-order valence-electron chi connectivity index (χ4n) is 1.67. The molecule has 7 heteroatoms. The molecule has 0 spiro atoms. The van der Waals surface area contributed by atoms with Crippen molar-refractivity contribution in [1.82, 2.24) is 15.4 Å². The van der Waals surface area contributed by atoms with Crippen molar-refractivity contribution in [2.24, 2.45) is 0 Å². The van der Waals surface area contributed by atoms with Crippen LogP contribution in [0.2, 0.25) is 0 Å². The third kappa shape index (κ3) is 3.34. The minimum Gasteiger partial charge on any atom is -0.508 e. The number of hydrogen-bond donors (Lipinski definition) is 4. The summed E-state index contributed by atoms with van der Waals surface area (Å²) in [6, 6.07) is 9.05. The minimum absolute atomic E-state index is 0.0756. The van der Waals surface area contributed by atoms with E-state index in [1.165, 1.54) is 18.2 Å². The maximum Gasteiger partial charge on any atom is 0.252 e. The smallest absolute Gasteiger partial charge is 0.252 e. The number of aromatic nitrogens is 2. The highest BCUT2D eigenvalue weighted by atomic mass is 16.3. The van der Waals surface area contributed by atoms with E-state index < -0.39 is 6.04 Å². The third-order valence-electron chi connectivity index (χ3n) is 2.54. The number of nitrogens with zero attached hydrogens (tertiary/aromatic N) is 2. The molecule has 1 aromatic carbocycles. The first kappa shape index (κ1) is 13.6. The third-order valence-corrected chi connectivity index (χ3v) is 2.54. The Balaban J connectivity index is 2.12. The van der Waals surface area contributed by atoms with Crippen molar-refractivity contribution in [2.45, 2.75) is 13.0 Å². The molecule has 0 aliphatic rings. The second-order valence-electron chi connectivity index (χ2n) is 4.16. The van der Waals surface area contributed by atoms with Crippen molar-refractivity contribution in [3.63, 3.8) is 0 Å². The Labute approximate surface area is 114 Å². The maximum absolute atomic E-state index is 11.3. The van der Waals surface area contributed by atoms with E-state index in [9.17, 15) is 9.90 Å². The number of aromatic hydroxyl groups is 1. The number of phenolic OH excluding ortho intramolecular Hbond substituents is 1. The number of aromatic amines is 1. The summed E-state index contributed by atoms with van der Waals surface area (Å²) < 4.78 is 0. The summed E-state index contributed by atoms with van der Waals surface area (Å²) in [5.74, 6) is 0.294. The van der Waals surface area contributed by atoms with Crippen molar-refractivity contribution in [3.8, 4) is 11.8 Å². The Morgan fingerprint density at radius 2 is 2.25 bits per heavy atom. The molecule has 0 aliphatic carbocycles. The van der Waals surface area contributed by atoms with Gasteiger partial charge in [0.05, 0.1) is 6.07 Å². The fourth-order valence-corrected chi connectivity index (χ4v) is 1.67. The summed E-state index contributed by atoms with van der Waals surface area (Å²) in [5, 5.41) is 18.5. The van der Waals surface area contributed by atoms with Gasteiger partial charge in [0.1, 0.15) is 11.8 Å². The van der Waals surface area contributed by atoms with Gasteiger partial charge in [-0.1, -0.05) is 12.1 Å². The zero-order chi connectivity index (χ0) is 14.5. The average molecular weight is 271 g/mol. The first-order valence-corrected chi connectivity index (χ1v) is 5.86. The van der Waals surface area contributed by atoms with Gasteiger partial charge in [-0.2, -0.15) is 5.26 Å². The van der Waals surface area contributed by atoms with Crippen LogP contribution < -0.4 is 16.4 Å². The van der Waals surface area contributed by atoms with Crippen molar-refractivity contribution in [3.05, 3.63) is 51.9 Å². The van der Waals surface area contributed by atoms with Gasteiger partial charge >= 0.3 is 0 Å². The molecule has 20 heavy (non-hydrogen) atoms. The monoisotopic (exact) mass is 271 g/mol. The Morgan fingerprint density at radius 3 is 2.90 bits per heavy atom. The van der Waals surface area contributed by atoms with Crippen LogP contribution in [-0.2, 0) is 0 Å². The summed E-state index contributed by atoms with van der Waals surface area (Å²) in [6.45, 7) is 1.69. The molecular weight excluding hydrogens is 258 g/mol. The lowest BCUT2D eigenvalue weighted by Crippen LogP contribution is -2.28. The number of anilines is 1. The van der Waals surface area contributed by atoms with Gasteiger partial charge < -0.3 is 5.11 Å². The van der Waals surface area contributed by atoms with E-state index in [2.05, 4.69) is 20.8 Å². The molecule has 1 aromatic heterocycles. The van der Waals surface area contributed by atoms with Gasteiger partial charge in [0, 0.05) is 11.8 Å². The molecule has 1 heterocycles. The van der Waals surface area contributed by atoms with Crippen LogP contribution in [0.5, 0.6) is 5.75 Å². The molecule has 0 radical (unpaired) electrons. The van der Waals surface area contributed by atoms with Crippen LogP contribution in [0.1, 0.15) is 17.3 Å². The predicted molar refractivity (Wildman–Crippen MR) is 72.8 cm³/mol. The number of phenols is 1. The molecule has 0 saturated heterocycles. The van der Waals surface area contributed by atoms with E-state index in [-0.39, 0.29) is 17.3 Å². The molecular formula is C13H13N5O2. The van der Waals surface area contributed by atoms with E-state index in [0.717, 1.165) is 0 Å². The Morgan fingerprint density at radius 1 is 1.45 bits per heavy atom. The van der Waals surface area contributed by atoms with Crippen LogP contribution in [0, 0.1) is 18.3 Å². The molecule has 2 aromatic rings. The highest BCUT2D eigenvalue weighted by molar-refractivity contribution is 5.33. The van der Waals surface area contributed by atoms with E-state index >= 15 is 0 Å². The van der Waals surface area contributed by atoms with Crippen LogP contribution in [0.4, 0.5) is 5.95 Å². The number of rotatable bonds is 4. The van der Waals surface area contributed by atoms with E-state index in [1.54, 1.807) is 19.1 Å². The van der Waals surface area contributed by atoms with E-state index in [0.29, 0.717) is 11.3 Å². The molecule has 0 saturated carbocycles. The van der Waals surface area contributed by atoms with Gasteiger partial charge in [-0.05, 0) is 24.6 Å². The summed E-state index contributed by atoms with van der Waals surface area (Å²) in [4.78, 5) is 17.8. The van der Waals surface area contributed by atoms with Crippen molar-refractivity contribution in [1.29, 1.82) is 5.26 Å². The molecule has 0 aliphatic heterocycles. The van der Waals surface area contributed by atoms with Crippen LogP contribution >= 0.6 is 0 Å². The van der Waals surface area contributed by atoms with E-state index in [4.69, 9.17) is 5.26 Å². The van der Waals surface area contributed by atoms with Crippen molar-refractivity contribution >= 4 is 5.95 Å². The molecule has 0 amide bonds. The number of hydrazine groups is 1. The lowest BCUT2D eigenvalue weighted by molar-refractivity contribution is 0.474. The molecule has 2 rings (SSSR count). The largest absolute Gasteiger partial charge is 0.508 e. The van der Waals surface area contributed by atoms with Gasteiger partial charge in [0.15, 0.2) is 0 Å². The minimum atomic E-state index is -0.701. The number of H-pyrrole nitrogens is 1. The second kappa shape index (κ2) is 5.86. The molecule has 102 valence electrons. The van der Waals surface area contributed by atoms with Crippen LogP contribution in [-0.4, -0.2) is 15.1 Å². The lowest BCUT2D eigenvalue weighted by Gasteiger charge is -2.13. The summed E-state index contributed by atoms with van der Waals surface area (Å²) >= 11 is 0. The normalized spacial score (nSPS) is 11.6. The van der Waals surface area contributed by atoms with Gasteiger partial charge in [-0.25, -0.2) is 10.4 Å². The Bertz CT molecular complexity index is 704. The summed E-state index contributed by atoms with van der Waals surface area (Å²) in [5.41, 5.74) is 6.27. The van der Waals surface area contributed by atoms with E-state index in [1.807, 2.05) is 6.07 Å². The molecule has 7 nitrogen and oxygen atoms in total. The Hall–Kier alpha value is -2.85. The first-order valence-electron chi connectivity index (χ1n) is 5.86. The van der Waals surface area contributed by atoms with Crippen LogP contribution in [0.15, 0.2) is 35.1 Å². The highest BCUT2D eigenvalue weighted by Gasteiger charge is 2.10. The van der Waals surface area contributed by atoms with Crippen molar-refractivity contribution in [2.75, 3.05) is 5.43 Å². The fraction of sp³-hybridized carbons (Fsp3) is 0.154. The number of benzene rings is 1. The Kier molecular flexibility index (Phi) is 3.98. The molecule has 0 bridgehead atoms. The first-order chi connectivity index (χ1) is 9.58. The summed E-state index contributed by atoms with van der Waals surface area (Å²) in [6.07, 6.45) is 0. The van der Waals surface area contributed by atoms with Crippen LogP contribution in [0.25, 0.3) is 0 Å². The lowest BCUT2D eigenvalue weighted by atomic mass is 10.1. The zero-order valence-corrected chi connectivity index (χ0v) is 10.7. The maximum atomic E-state index is 11.3. The van der Waals surface area contributed by atoms with Gasteiger partial charge in [0.2, 0.25) is 5.95 Å². The topological polar surface area (TPSA) is 114 Å². The molecule has 1 atom stereocenters. The molecule has 0 fully saturated rings. The van der Waals surface area contributed by atoms with Gasteiger partial charge in [-0.15, -0.1) is 0 Å². The number of aryl methyl sites for hydroxylation is 1. The zero-order valence-electron chi connectivity index (χ0n) is 10.7. The SMILES string of the molecule is Cc1cc(=O)[nH]c(NN[C@@H](C#N)c2cccc(O)c2)n1. The van der Waals surface area contributed by atoms with Gasteiger partial charge in [-0.3, -0.25) is 15.2 Å². The quantitative estimate of drug-likeness (QED) is 0.616.